The van der Waals surface area contributed by atoms with Gasteiger partial charge in [-0.05, 0) is 24.6 Å². The van der Waals surface area contributed by atoms with Gasteiger partial charge in [0.2, 0.25) is 0 Å². The molecule has 0 radical (unpaired) electrons. The van der Waals surface area contributed by atoms with Crippen molar-refractivity contribution in [3.63, 3.8) is 0 Å². The number of nitrogens with one attached hydrogen (secondary N) is 1. The lowest BCUT2D eigenvalue weighted by molar-refractivity contribution is 0.895. The van der Waals surface area contributed by atoms with E-state index in [0.717, 1.165) is 22.5 Å². The van der Waals surface area contributed by atoms with E-state index in [1.165, 1.54) is 11.1 Å². The number of hydrogen-bond donors (Lipinski definition) is 1. The van der Waals surface area contributed by atoms with E-state index >= 15 is 0 Å². The van der Waals surface area contributed by atoms with Gasteiger partial charge in [-0.1, -0.05) is 48.0 Å². The molecule has 0 aliphatic carbocycles. The Labute approximate surface area is 140 Å². The van der Waals surface area contributed by atoms with Crippen LogP contribution >= 0.6 is 0 Å². The standard InChI is InChI=1S/C19H17N5/c1-14-7-9-15(10-8-14)11-20-18-17-12-23-24(19(17)22-13-21-18)16-5-3-2-4-6-16/h2-10,12-13H,11H2,1H3,(H,20,21,22). The average Bonchev–Trinajstić information content (AvgIpc) is 3.07. The van der Waals surface area contributed by atoms with Crippen LogP contribution in [0.3, 0.4) is 0 Å². The summed E-state index contributed by atoms with van der Waals surface area (Å²) in [6.07, 6.45) is 3.38. The summed E-state index contributed by atoms with van der Waals surface area (Å²) in [5.74, 6) is 0.794. The summed E-state index contributed by atoms with van der Waals surface area (Å²) in [4.78, 5) is 8.77. The molecule has 0 aliphatic heterocycles. The number of aromatic nitrogens is 4. The Balaban J connectivity index is 1.65. The van der Waals surface area contributed by atoms with Gasteiger partial charge in [0.15, 0.2) is 5.65 Å². The molecule has 0 fully saturated rings. The molecule has 5 nitrogen and oxygen atoms in total. The average molecular weight is 315 g/mol. The number of rotatable bonds is 4. The highest BCUT2D eigenvalue weighted by molar-refractivity contribution is 5.87. The first-order valence-corrected chi connectivity index (χ1v) is 7.85. The van der Waals surface area contributed by atoms with Crippen LogP contribution in [0.1, 0.15) is 11.1 Å². The zero-order chi connectivity index (χ0) is 16.4. The molecule has 2 heterocycles. The Morgan fingerprint density at radius 3 is 2.54 bits per heavy atom. The van der Waals surface area contributed by atoms with Crippen LogP contribution in [0.2, 0.25) is 0 Å². The van der Waals surface area contributed by atoms with Crippen molar-refractivity contribution in [2.45, 2.75) is 13.5 Å². The van der Waals surface area contributed by atoms with E-state index in [4.69, 9.17) is 0 Å². The molecule has 0 unspecified atom stereocenters. The molecular weight excluding hydrogens is 298 g/mol. The molecule has 2 aromatic carbocycles. The van der Waals surface area contributed by atoms with Gasteiger partial charge in [0.05, 0.1) is 17.3 Å². The smallest absolute Gasteiger partial charge is 0.168 e. The topological polar surface area (TPSA) is 55.6 Å². The third-order valence-electron chi connectivity index (χ3n) is 3.95. The second-order valence-electron chi connectivity index (χ2n) is 5.69. The fraction of sp³-hybridized carbons (Fsp3) is 0.105. The minimum Gasteiger partial charge on any atom is -0.365 e. The zero-order valence-corrected chi connectivity index (χ0v) is 13.3. The zero-order valence-electron chi connectivity index (χ0n) is 13.3. The first-order valence-electron chi connectivity index (χ1n) is 7.85. The molecule has 5 heteroatoms. The lowest BCUT2D eigenvalue weighted by Gasteiger charge is -2.07. The number of benzene rings is 2. The third-order valence-corrected chi connectivity index (χ3v) is 3.95. The summed E-state index contributed by atoms with van der Waals surface area (Å²) >= 11 is 0. The highest BCUT2D eigenvalue weighted by Gasteiger charge is 2.10. The van der Waals surface area contributed by atoms with Crippen LogP contribution in [-0.4, -0.2) is 19.7 Å². The minimum atomic E-state index is 0.711. The normalized spacial score (nSPS) is 10.9. The summed E-state index contributed by atoms with van der Waals surface area (Å²) in [7, 11) is 0. The van der Waals surface area contributed by atoms with Crippen molar-refractivity contribution in [3.8, 4) is 5.69 Å². The monoisotopic (exact) mass is 315 g/mol. The predicted molar refractivity (Wildman–Crippen MR) is 95.2 cm³/mol. The van der Waals surface area contributed by atoms with Gasteiger partial charge in [-0.3, -0.25) is 0 Å². The molecule has 0 atom stereocenters. The van der Waals surface area contributed by atoms with Crippen molar-refractivity contribution in [1.29, 1.82) is 0 Å². The molecule has 4 rings (SSSR count). The Bertz CT molecular complexity index is 958. The third kappa shape index (κ3) is 2.72. The van der Waals surface area contributed by atoms with Gasteiger partial charge in [-0.15, -0.1) is 0 Å². The van der Waals surface area contributed by atoms with Crippen molar-refractivity contribution in [2.75, 3.05) is 5.32 Å². The fourth-order valence-electron chi connectivity index (χ4n) is 2.63. The van der Waals surface area contributed by atoms with Crippen molar-refractivity contribution >= 4 is 16.9 Å². The summed E-state index contributed by atoms with van der Waals surface area (Å²) in [5, 5.41) is 8.76. The largest absolute Gasteiger partial charge is 0.365 e. The number of hydrogen-bond acceptors (Lipinski definition) is 4. The van der Waals surface area contributed by atoms with Gasteiger partial charge in [-0.2, -0.15) is 5.10 Å². The molecule has 24 heavy (non-hydrogen) atoms. The molecule has 1 N–H and O–H groups in total. The lowest BCUT2D eigenvalue weighted by atomic mass is 10.1. The Hall–Kier alpha value is -3.21. The van der Waals surface area contributed by atoms with Crippen LogP contribution < -0.4 is 5.32 Å². The second kappa shape index (κ2) is 6.12. The number of fused-ring (bicyclic) bond motifs is 1. The molecule has 0 bridgehead atoms. The molecule has 0 saturated heterocycles. The molecule has 4 aromatic rings. The van der Waals surface area contributed by atoms with E-state index in [-0.39, 0.29) is 0 Å². The maximum absolute atomic E-state index is 4.47. The summed E-state index contributed by atoms with van der Waals surface area (Å²) in [6.45, 7) is 2.80. The minimum absolute atomic E-state index is 0.711. The highest BCUT2D eigenvalue weighted by Crippen LogP contribution is 2.22. The molecule has 0 spiro atoms. The number of nitrogens with zero attached hydrogens (tertiary/aromatic N) is 4. The molecule has 0 amide bonds. The van der Waals surface area contributed by atoms with Gasteiger partial charge in [0.25, 0.3) is 0 Å². The summed E-state index contributed by atoms with van der Waals surface area (Å²) in [6, 6.07) is 18.4. The van der Waals surface area contributed by atoms with Crippen molar-refractivity contribution in [3.05, 3.63) is 78.2 Å². The van der Waals surface area contributed by atoms with Crippen molar-refractivity contribution < 1.29 is 0 Å². The van der Waals surface area contributed by atoms with Crippen molar-refractivity contribution in [1.82, 2.24) is 19.7 Å². The van der Waals surface area contributed by atoms with Gasteiger partial charge in [0.1, 0.15) is 12.1 Å². The molecule has 118 valence electrons. The number of para-hydroxylation sites is 1. The van der Waals surface area contributed by atoms with Gasteiger partial charge < -0.3 is 5.32 Å². The first kappa shape index (κ1) is 14.4. The van der Waals surface area contributed by atoms with Gasteiger partial charge >= 0.3 is 0 Å². The Morgan fingerprint density at radius 2 is 1.75 bits per heavy atom. The van der Waals surface area contributed by atoms with Crippen LogP contribution in [0.15, 0.2) is 67.1 Å². The summed E-state index contributed by atoms with van der Waals surface area (Å²) < 4.78 is 1.83. The van der Waals surface area contributed by atoms with Gasteiger partial charge in [0, 0.05) is 6.54 Å². The quantitative estimate of drug-likeness (QED) is 0.623. The maximum atomic E-state index is 4.47. The molecule has 0 aliphatic rings. The first-order chi connectivity index (χ1) is 11.8. The van der Waals surface area contributed by atoms with Crippen LogP contribution in [0.4, 0.5) is 5.82 Å². The fourth-order valence-corrected chi connectivity index (χ4v) is 2.63. The summed E-state index contributed by atoms with van der Waals surface area (Å²) in [5.41, 5.74) is 4.24. The molecule has 2 aromatic heterocycles. The Morgan fingerprint density at radius 1 is 0.958 bits per heavy atom. The lowest BCUT2D eigenvalue weighted by Crippen LogP contribution is -2.03. The maximum Gasteiger partial charge on any atom is 0.168 e. The van der Waals surface area contributed by atoms with E-state index in [2.05, 4.69) is 51.6 Å². The van der Waals surface area contributed by atoms with Crippen LogP contribution in [0, 0.1) is 6.92 Å². The van der Waals surface area contributed by atoms with Crippen LogP contribution in [-0.2, 0) is 6.54 Å². The van der Waals surface area contributed by atoms with E-state index < -0.39 is 0 Å². The Kier molecular flexibility index (Phi) is 3.67. The van der Waals surface area contributed by atoms with Crippen LogP contribution in [0.25, 0.3) is 16.7 Å². The van der Waals surface area contributed by atoms with Crippen LogP contribution in [0.5, 0.6) is 0 Å². The second-order valence-corrected chi connectivity index (χ2v) is 5.69. The number of aryl methyl sites for hydroxylation is 1. The highest BCUT2D eigenvalue weighted by atomic mass is 15.3. The number of anilines is 1. The SMILES string of the molecule is Cc1ccc(CNc2ncnc3c2cnn3-c2ccccc2)cc1. The van der Waals surface area contributed by atoms with Gasteiger partial charge in [-0.25, -0.2) is 14.6 Å². The predicted octanol–water partition coefficient (Wildman–Crippen LogP) is 3.74. The van der Waals surface area contributed by atoms with E-state index in [0.29, 0.717) is 6.54 Å². The van der Waals surface area contributed by atoms with Crippen molar-refractivity contribution in [2.24, 2.45) is 0 Å². The van der Waals surface area contributed by atoms with E-state index in [1.54, 1.807) is 12.5 Å². The molecule has 0 saturated carbocycles. The van der Waals surface area contributed by atoms with E-state index in [9.17, 15) is 0 Å². The molecular formula is C19H17N5. The van der Waals surface area contributed by atoms with E-state index in [1.807, 2.05) is 35.0 Å².